The van der Waals surface area contributed by atoms with Crippen LogP contribution in [0.1, 0.15) is 48.4 Å². The zero-order valence-electron chi connectivity index (χ0n) is 17.1. The number of benzene rings is 3. The fraction of sp³-hybridized carbons (Fsp3) is 0.192. The number of hydrogen-bond donors (Lipinski definition) is 2. The van der Waals surface area contributed by atoms with Crippen LogP contribution in [-0.4, -0.2) is 6.03 Å². The first-order valence-electron chi connectivity index (χ1n) is 10.5. The largest absolute Gasteiger partial charge is 0.327 e. The number of nitrogens with one attached hydrogen (secondary N) is 2. The topological polar surface area (TPSA) is 41.1 Å². The summed E-state index contributed by atoms with van der Waals surface area (Å²) in [5.74, 6) is -1.97. The summed E-state index contributed by atoms with van der Waals surface area (Å²) in [6, 6.07) is 20.3. The smallest absolute Gasteiger partial charge is 0.319 e. The molecule has 3 aromatic rings. The number of hydrogen-bond acceptors (Lipinski definition) is 1. The van der Waals surface area contributed by atoms with E-state index in [0.717, 1.165) is 36.1 Å². The molecule has 31 heavy (non-hydrogen) atoms. The molecule has 2 amide bonds. The van der Waals surface area contributed by atoms with Crippen molar-refractivity contribution >= 4 is 17.3 Å². The molecule has 1 aliphatic carbocycles. The highest BCUT2D eigenvalue weighted by molar-refractivity contribution is 5.89. The number of anilines is 1. The number of carbonyl (C=O) groups is 1. The molecule has 0 bridgehead atoms. The minimum atomic E-state index is -1.01. The van der Waals surface area contributed by atoms with Crippen molar-refractivity contribution in [2.45, 2.75) is 31.7 Å². The number of carbonyl (C=O) groups excluding carboxylic acids is 1. The Hall–Kier alpha value is -3.47. The molecule has 0 radical (unpaired) electrons. The van der Waals surface area contributed by atoms with E-state index in [9.17, 15) is 13.6 Å². The van der Waals surface area contributed by atoms with Crippen molar-refractivity contribution in [3.05, 3.63) is 107 Å². The standard InChI is InChI=1S/C26H24F2N2O/c27-23-16-15-22(17-24(23)28)29-26(31)30-25(20-9-5-2-6-10-20)21-13-11-19(12-14-21)18-7-3-1-4-8-18/h2,5-7,9-17,25H,1,3-4,8H2,(H2,29,30,31). The highest BCUT2D eigenvalue weighted by Crippen LogP contribution is 2.29. The lowest BCUT2D eigenvalue weighted by Gasteiger charge is -2.21. The molecular weight excluding hydrogens is 394 g/mol. The van der Waals surface area contributed by atoms with Crippen LogP contribution in [0.2, 0.25) is 0 Å². The molecule has 2 N–H and O–H groups in total. The van der Waals surface area contributed by atoms with Gasteiger partial charge in [0.05, 0.1) is 6.04 Å². The molecule has 0 fully saturated rings. The van der Waals surface area contributed by atoms with Crippen LogP contribution < -0.4 is 10.6 Å². The third-order valence-electron chi connectivity index (χ3n) is 5.49. The van der Waals surface area contributed by atoms with E-state index in [2.05, 4.69) is 28.8 Å². The fourth-order valence-electron chi connectivity index (χ4n) is 3.87. The van der Waals surface area contributed by atoms with Crippen LogP contribution in [0.4, 0.5) is 19.3 Å². The molecule has 0 aromatic heterocycles. The van der Waals surface area contributed by atoms with Gasteiger partial charge in [0.2, 0.25) is 0 Å². The maximum absolute atomic E-state index is 13.5. The number of rotatable bonds is 5. The number of amides is 2. The van der Waals surface area contributed by atoms with Gasteiger partial charge in [0.15, 0.2) is 11.6 Å². The van der Waals surface area contributed by atoms with Crippen molar-refractivity contribution in [1.82, 2.24) is 5.32 Å². The summed E-state index contributed by atoms with van der Waals surface area (Å²) in [6.07, 6.45) is 6.98. The van der Waals surface area contributed by atoms with Gasteiger partial charge in [-0.05, 0) is 60.1 Å². The van der Waals surface area contributed by atoms with Crippen LogP contribution in [0, 0.1) is 11.6 Å². The Labute approximate surface area is 180 Å². The first-order chi connectivity index (χ1) is 15.1. The van der Waals surface area contributed by atoms with Crippen molar-refractivity contribution in [2.75, 3.05) is 5.32 Å². The van der Waals surface area contributed by atoms with Gasteiger partial charge in [-0.3, -0.25) is 0 Å². The quantitative estimate of drug-likeness (QED) is 0.468. The molecule has 1 atom stereocenters. The fourth-order valence-corrected chi connectivity index (χ4v) is 3.87. The minimum Gasteiger partial charge on any atom is -0.327 e. The summed E-state index contributed by atoms with van der Waals surface area (Å²) in [5, 5.41) is 5.53. The average Bonchev–Trinajstić information content (AvgIpc) is 2.81. The van der Waals surface area contributed by atoms with Crippen LogP contribution in [-0.2, 0) is 0 Å². The van der Waals surface area contributed by atoms with Crippen molar-refractivity contribution < 1.29 is 13.6 Å². The summed E-state index contributed by atoms with van der Waals surface area (Å²) in [5.41, 5.74) is 4.63. The molecule has 3 nitrogen and oxygen atoms in total. The van der Waals surface area contributed by atoms with E-state index < -0.39 is 17.7 Å². The van der Waals surface area contributed by atoms with E-state index in [1.165, 1.54) is 30.0 Å². The van der Waals surface area contributed by atoms with Crippen molar-refractivity contribution in [2.24, 2.45) is 0 Å². The Morgan fingerprint density at radius 3 is 2.26 bits per heavy atom. The Morgan fingerprint density at radius 2 is 1.58 bits per heavy atom. The molecule has 0 saturated heterocycles. The van der Waals surface area contributed by atoms with E-state index in [0.29, 0.717) is 0 Å². The molecule has 1 aliphatic rings. The summed E-state index contributed by atoms with van der Waals surface area (Å²) >= 11 is 0. The van der Waals surface area contributed by atoms with E-state index in [1.807, 2.05) is 42.5 Å². The molecule has 0 saturated carbocycles. The highest BCUT2D eigenvalue weighted by atomic mass is 19.2. The second-order valence-corrected chi connectivity index (χ2v) is 7.67. The van der Waals surface area contributed by atoms with Gasteiger partial charge in [0, 0.05) is 11.8 Å². The van der Waals surface area contributed by atoms with Gasteiger partial charge >= 0.3 is 6.03 Å². The lowest BCUT2D eigenvalue weighted by atomic mass is 9.91. The van der Waals surface area contributed by atoms with Gasteiger partial charge < -0.3 is 10.6 Å². The number of allylic oxidation sites excluding steroid dienone is 2. The first-order valence-corrected chi connectivity index (χ1v) is 10.5. The second kappa shape index (κ2) is 9.56. The van der Waals surface area contributed by atoms with Gasteiger partial charge in [-0.25, -0.2) is 13.6 Å². The van der Waals surface area contributed by atoms with Crippen molar-refractivity contribution in [3.8, 4) is 0 Å². The van der Waals surface area contributed by atoms with Crippen molar-refractivity contribution in [1.29, 1.82) is 0 Å². The van der Waals surface area contributed by atoms with Crippen LogP contribution >= 0.6 is 0 Å². The van der Waals surface area contributed by atoms with Gasteiger partial charge in [-0.15, -0.1) is 0 Å². The molecule has 1 unspecified atom stereocenters. The molecular formula is C26H24F2N2O. The zero-order chi connectivity index (χ0) is 21.6. The summed E-state index contributed by atoms with van der Waals surface area (Å²) in [6.45, 7) is 0. The molecule has 0 heterocycles. The maximum Gasteiger partial charge on any atom is 0.319 e. The lowest BCUT2D eigenvalue weighted by molar-refractivity contribution is 0.250. The van der Waals surface area contributed by atoms with E-state index >= 15 is 0 Å². The average molecular weight is 418 g/mol. The first kappa shape index (κ1) is 20.8. The summed E-state index contributed by atoms with van der Waals surface area (Å²) < 4.78 is 26.6. The third-order valence-corrected chi connectivity index (χ3v) is 5.49. The molecule has 0 spiro atoms. The van der Waals surface area contributed by atoms with Crippen LogP contribution in [0.3, 0.4) is 0 Å². The summed E-state index contributed by atoms with van der Waals surface area (Å²) in [4.78, 5) is 12.6. The van der Waals surface area contributed by atoms with E-state index in [4.69, 9.17) is 0 Å². The Bertz CT molecular complexity index is 1080. The van der Waals surface area contributed by atoms with Crippen LogP contribution in [0.15, 0.2) is 78.9 Å². The predicted octanol–water partition coefficient (Wildman–Crippen LogP) is 6.83. The van der Waals surface area contributed by atoms with Gasteiger partial charge in [0.25, 0.3) is 0 Å². The molecule has 3 aromatic carbocycles. The Kier molecular flexibility index (Phi) is 6.41. The maximum atomic E-state index is 13.5. The molecule has 158 valence electrons. The normalized spacial score (nSPS) is 14.5. The molecule has 5 heteroatoms. The molecule has 4 rings (SSSR count). The second-order valence-electron chi connectivity index (χ2n) is 7.67. The van der Waals surface area contributed by atoms with E-state index in [1.54, 1.807) is 0 Å². The highest BCUT2D eigenvalue weighted by Gasteiger charge is 2.18. The zero-order valence-corrected chi connectivity index (χ0v) is 17.1. The van der Waals surface area contributed by atoms with Gasteiger partial charge in [-0.1, -0.05) is 60.7 Å². The third kappa shape index (κ3) is 5.18. The lowest BCUT2D eigenvalue weighted by Crippen LogP contribution is -2.33. The van der Waals surface area contributed by atoms with E-state index in [-0.39, 0.29) is 11.7 Å². The SMILES string of the molecule is O=C(Nc1ccc(F)c(F)c1)NC(c1ccccc1)c1ccc(C2=CCCCC2)cc1. The molecule has 0 aliphatic heterocycles. The van der Waals surface area contributed by atoms with Crippen LogP contribution in [0.25, 0.3) is 5.57 Å². The summed E-state index contributed by atoms with van der Waals surface area (Å²) in [7, 11) is 0. The Balaban J connectivity index is 1.55. The predicted molar refractivity (Wildman–Crippen MR) is 120 cm³/mol. The minimum absolute atomic E-state index is 0.183. The van der Waals surface area contributed by atoms with Gasteiger partial charge in [0.1, 0.15) is 0 Å². The van der Waals surface area contributed by atoms with Crippen LogP contribution in [0.5, 0.6) is 0 Å². The number of urea groups is 1. The Morgan fingerprint density at radius 1 is 0.839 bits per heavy atom. The number of halogens is 2. The van der Waals surface area contributed by atoms with Crippen molar-refractivity contribution in [3.63, 3.8) is 0 Å². The monoisotopic (exact) mass is 418 g/mol. The van der Waals surface area contributed by atoms with Gasteiger partial charge in [-0.2, -0.15) is 0 Å².